The number of amides is 1. The molecule has 37 heavy (non-hydrogen) atoms. The van der Waals surface area contributed by atoms with E-state index in [1.807, 2.05) is 50.2 Å². The quantitative estimate of drug-likeness (QED) is 0.221. The second-order valence-corrected chi connectivity index (χ2v) is 11.3. The van der Waals surface area contributed by atoms with Crippen molar-refractivity contribution in [2.45, 2.75) is 25.7 Å². The zero-order valence-corrected chi connectivity index (χ0v) is 23.1. The first-order chi connectivity index (χ1) is 17.7. The van der Waals surface area contributed by atoms with Crippen LogP contribution < -0.4 is 9.73 Å². The maximum atomic E-state index is 13.5. The molecule has 0 aliphatic carbocycles. The lowest BCUT2D eigenvalue weighted by Gasteiger charge is -2.25. The van der Waals surface area contributed by atoms with Crippen LogP contribution in [0.25, 0.3) is 5.69 Å². The van der Waals surface area contributed by atoms with Crippen LogP contribution in [0, 0.1) is 20.8 Å². The number of carbonyl (C=O) groups is 1. The summed E-state index contributed by atoms with van der Waals surface area (Å²) in [6.07, 6.45) is 1.57. The van der Waals surface area contributed by atoms with E-state index in [1.54, 1.807) is 49.5 Å². The van der Waals surface area contributed by atoms with Gasteiger partial charge in [-0.1, -0.05) is 52.3 Å². The summed E-state index contributed by atoms with van der Waals surface area (Å²) in [6.45, 7) is 5.36. The molecule has 0 bridgehead atoms. The monoisotopic (exact) mass is 578 g/mol. The molecule has 7 nitrogen and oxygen atoms in total. The first-order valence-corrected chi connectivity index (χ1v) is 13.8. The van der Waals surface area contributed by atoms with E-state index in [-0.39, 0.29) is 4.90 Å². The van der Waals surface area contributed by atoms with Crippen LogP contribution in [0.5, 0.6) is 0 Å². The van der Waals surface area contributed by atoms with Crippen LogP contribution in [-0.4, -0.2) is 31.7 Å². The minimum Gasteiger partial charge on any atom is -0.318 e. The van der Waals surface area contributed by atoms with Gasteiger partial charge in [0, 0.05) is 27.1 Å². The van der Waals surface area contributed by atoms with Crippen LogP contribution in [0.4, 0.5) is 5.69 Å². The number of carbonyl (C=O) groups excluding carboxylic acids is 1. The van der Waals surface area contributed by atoms with Gasteiger partial charge in [-0.25, -0.2) is 13.8 Å². The minimum absolute atomic E-state index is 0.106. The Morgan fingerprint density at radius 3 is 2.30 bits per heavy atom. The molecule has 0 saturated carbocycles. The highest BCUT2D eigenvalue weighted by Gasteiger charge is 2.28. The van der Waals surface area contributed by atoms with E-state index in [4.69, 9.17) is 0 Å². The fraction of sp³-hybridized carbons (Fsp3) is 0.143. The van der Waals surface area contributed by atoms with Gasteiger partial charge >= 0.3 is 0 Å². The standard InChI is InChI=1S/C28H27BrN4O3S/c1-20-9-7-8-12-27(20)32(37(35,36)26-10-5-4-6-11-26)19-28(34)31-30-18-23-17-21(2)33(22(23)3)25-15-13-24(29)14-16-25/h4-18H,19H2,1-3H3,(H,31,34)/b30-18-. The maximum Gasteiger partial charge on any atom is 0.264 e. The third-order valence-electron chi connectivity index (χ3n) is 5.95. The van der Waals surface area contributed by atoms with Gasteiger partial charge in [-0.2, -0.15) is 5.10 Å². The molecule has 0 aliphatic heterocycles. The van der Waals surface area contributed by atoms with Gasteiger partial charge in [-0.05, 0) is 74.9 Å². The average Bonchev–Trinajstić information content (AvgIpc) is 3.17. The molecule has 0 spiro atoms. The number of hydrogen-bond acceptors (Lipinski definition) is 4. The molecule has 4 aromatic rings. The summed E-state index contributed by atoms with van der Waals surface area (Å²) in [5.74, 6) is -0.555. The number of nitrogens with zero attached hydrogens (tertiary/aromatic N) is 3. The molecule has 0 saturated heterocycles. The maximum absolute atomic E-state index is 13.5. The number of hydrazone groups is 1. The lowest BCUT2D eigenvalue weighted by molar-refractivity contribution is -0.119. The molecule has 190 valence electrons. The number of aromatic nitrogens is 1. The van der Waals surface area contributed by atoms with E-state index in [1.165, 1.54) is 12.1 Å². The fourth-order valence-corrected chi connectivity index (χ4v) is 5.88. The SMILES string of the molecule is Cc1ccccc1N(CC(=O)N/N=C\c1cc(C)n(-c2ccc(Br)cc2)c1C)S(=O)(=O)c1ccccc1. The van der Waals surface area contributed by atoms with E-state index < -0.39 is 22.5 Å². The van der Waals surface area contributed by atoms with Crippen molar-refractivity contribution in [3.05, 3.63) is 112 Å². The highest BCUT2D eigenvalue weighted by molar-refractivity contribution is 9.10. The topological polar surface area (TPSA) is 83.8 Å². The van der Waals surface area contributed by atoms with Crippen molar-refractivity contribution >= 4 is 43.8 Å². The number of sulfonamides is 1. The van der Waals surface area contributed by atoms with Crippen LogP contribution in [0.2, 0.25) is 0 Å². The molecule has 0 aliphatic rings. The predicted octanol–water partition coefficient (Wildman–Crippen LogP) is 5.51. The second kappa shape index (κ2) is 11.1. The third-order valence-corrected chi connectivity index (χ3v) is 8.25. The number of rotatable bonds is 8. The Morgan fingerprint density at radius 1 is 0.973 bits per heavy atom. The van der Waals surface area contributed by atoms with Gasteiger partial charge in [0.25, 0.3) is 15.9 Å². The highest BCUT2D eigenvalue weighted by atomic mass is 79.9. The molecule has 1 aromatic heterocycles. The van der Waals surface area contributed by atoms with Crippen molar-refractivity contribution in [2.75, 3.05) is 10.8 Å². The first-order valence-electron chi connectivity index (χ1n) is 11.6. The molecule has 1 heterocycles. The highest BCUT2D eigenvalue weighted by Crippen LogP contribution is 2.26. The molecular formula is C28H27BrN4O3S. The van der Waals surface area contributed by atoms with Crippen molar-refractivity contribution < 1.29 is 13.2 Å². The van der Waals surface area contributed by atoms with Gasteiger partial charge in [0.05, 0.1) is 16.8 Å². The smallest absolute Gasteiger partial charge is 0.264 e. The summed E-state index contributed by atoms with van der Waals surface area (Å²) in [6, 6.07) is 25.1. The fourth-order valence-electron chi connectivity index (χ4n) is 4.11. The number of benzene rings is 3. The zero-order valence-electron chi connectivity index (χ0n) is 20.7. The van der Waals surface area contributed by atoms with Crippen molar-refractivity contribution in [2.24, 2.45) is 5.10 Å². The Kier molecular flexibility index (Phi) is 7.94. The summed E-state index contributed by atoms with van der Waals surface area (Å²) in [4.78, 5) is 13.0. The van der Waals surface area contributed by atoms with Crippen LogP contribution in [-0.2, 0) is 14.8 Å². The predicted molar refractivity (Wildman–Crippen MR) is 151 cm³/mol. The van der Waals surface area contributed by atoms with Crippen LogP contribution in [0.1, 0.15) is 22.5 Å². The number of halogens is 1. The summed E-state index contributed by atoms with van der Waals surface area (Å²) >= 11 is 3.46. The second-order valence-electron chi connectivity index (χ2n) is 8.54. The first kappa shape index (κ1) is 26.4. The minimum atomic E-state index is -3.98. The number of anilines is 1. The molecule has 3 aromatic carbocycles. The zero-order chi connectivity index (χ0) is 26.6. The largest absolute Gasteiger partial charge is 0.318 e. The van der Waals surface area contributed by atoms with Gasteiger partial charge in [-0.15, -0.1) is 0 Å². The Bertz CT molecular complexity index is 1550. The molecule has 0 atom stereocenters. The van der Waals surface area contributed by atoms with Crippen LogP contribution in [0.15, 0.2) is 99.4 Å². The van der Waals surface area contributed by atoms with Crippen molar-refractivity contribution in [1.82, 2.24) is 9.99 Å². The summed E-state index contributed by atoms with van der Waals surface area (Å²) in [7, 11) is -3.98. The molecule has 1 N–H and O–H groups in total. The Labute approximate surface area is 225 Å². The van der Waals surface area contributed by atoms with E-state index in [2.05, 4.69) is 31.0 Å². The van der Waals surface area contributed by atoms with Crippen molar-refractivity contribution in [3.8, 4) is 5.69 Å². The summed E-state index contributed by atoms with van der Waals surface area (Å²) < 4.78 is 31.1. The molecule has 0 fully saturated rings. The third kappa shape index (κ3) is 5.84. The van der Waals surface area contributed by atoms with Crippen LogP contribution >= 0.6 is 15.9 Å². The summed E-state index contributed by atoms with van der Waals surface area (Å²) in [5, 5.41) is 4.12. The van der Waals surface area contributed by atoms with E-state index in [9.17, 15) is 13.2 Å². The van der Waals surface area contributed by atoms with Gasteiger partial charge in [0.2, 0.25) is 0 Å². The normalized spacial score (nSPS) is 11.6. The average molecular weight is 580 g/mol. The molecule has 4 rings (SSSR count). The van der Waals surface area contributed by atoms with Gasteiger partial charge in [0.15, 0.2) is 0 Å². The van der Waals surface area contributed by atoms with Crippen molar-refractivity contribution in [1.29, 1.82) is 0 Å². The Morgan fingerprint density at radius 2 is 1.62 bits per heavy atom. The van der Waals surface area contributed by atoms with Gasteiger partial charge < -0.3 is 4.57 Å². The molecule has 0 radical (unpaired) electrons. The number of aryl methyl sites for hydroxylation is 2. The Hall–Kier alpha value is -3.69. The molecule has 9 heteroatoms. The molecular weight excluding hydrogens is 552 g/mol. The van der Waals surface area contributed by atoms with Crippen LogP contribution in [0.3, 0.4) is 0 Å². The van der Waals surface area contributed by atoms with E-state index >= 15 is 0 Å². The van der Waals surface area contributed by atoms with Crippen molar-refractivity contribution in [3.63, 3.8) is 0 Å². The van der Waals surface area contributed by atoms with E-state index in [0.717, 1.165) is 37.0 Å². The lowest BCUT2D eigenvalue weighted by Crippen LogP contribution is -2.40. The van der Waals surface area contributed by atoms with Gasteiger partial charge in [-0.3, -0.25) is 9.10 Å². The Balaban J connectivity index is 1.55. The lowest BCUT2D eigenvalue weighted by atomic mass is 10.2. The number of para-hydroxylation sites is 1. The van der Waals surface area contributed by atoms with Gasteiger partial charge in [0.1, 0.15) is 6.54 Å². The van der Waals surface area contributed by atoms with E-state index in [0.29, 0.717) is 5.69 Å². The number of hydrogen-bond donors (Lipinski definition) is 1. The molecule has 0 unspecified atom stereocenters. The summed E-state index contributed by atoms with van der Waals surface area (Å²) in [5.41, 5.74) is 7.50. The molecule has 1 amide bonds. The number of nitrogens with one attached hydrogen (secondary N) is 1.